The molecule has 1 fully saturated rings. The topological polar surface area (TPSA) is 121 Å². The van der Waals surface area contributed by atoms with Crippen molar-refractivity contribution in [2.45, 2.75) is 77.7 Å². The third-order valence-corrected chi connectivity index (χ3v) is 7.80. The third kappa shape index (κ3) is 6.85. The van der Waals surface area contributed by atoms with E-state index in [-0.39, 0.29) is 29.5 Å². The Morgan fingerprint density at radius 1 is 1.26 bits per heavy atom. The summed E-state index contributed by atoms with van der Waals surface area (Å²) in [4.78, 5) is 30.4. The SMILES string of the molecule is C=C(NCC(CCCC)NC(=O)c1ccc2c(c1)C(=O)N(CC1CC1)C(C)(O)N2C(C)C)Nc1ccc(C#N)c(F)c1. The van der Waals surface area contributed by atoms with Crippen LogP contribution in [0, 0.1) is 23.1 Å². The highest BCUT2D eigenvalue weighted by Crippen LogP contribution is 2.41. The van der Waals surface area contributed by atoms with Gasteiger partial charge in [0, 0.05) is 43.3 Å². The summed E-state index contributed by atoms with van der Waals surface area (Å²) >= 11 is 0. The van der Waals surface area contributed by atoms with Crippen LogP contribution in [0.2, 0.25) is 0 Å². The van der Waals surface area contributed by atoms with Gasteiger partial charge in [-0.05, 0) is 75.4 Å². The van der Waals surface area contributed by atoms with Gasteiger partial charge in [-0.3, -0.25) is 14.5 Å². The fourth-order valence-corrected chi connectivity index (χ4v) is 5.43. The first-order chi connectivity index (χ1) is 20.0. The molecule has 0 spiro atoms. The van der Waals surface area contributed by atoms with Crippen molar-refractivity contribution in [2.75, 3.05) is 23.3 Å². The molecule has 2 atom stereocenters. The van der Waals surface area contributed by atoms with Crippen LogP contribution >= 0.6 is 0 Å². The lowest BCUT2D eigenvalue weighted by Gasteiger charge is -2.51. The van der Waals surface area contributed by atoms with Crippen molar-refractivity contribution in [1.82, 2.24) is 15.5 Å². The average Bonchev–Trinajstić information content (AvgIpc) is 3.76. The minimum Gasteiger partial charge on any atom is -0.370 e. The molecule has 0 radical (unpaired) electrons. The van der Waals surface area contributed by atoms with Crippen LogP contribution in [-0.4, -0.2) is 52.8 Å². The maximum absolute atomic E-state index is 14.0. The normalized spacial score (nSPS) is 18.8. The molecule has 1 aliphatic heterocycles. The van der Waals surface area contributed by atoms with E-state index in [0.717, 1.165) is 32.1 Å². The van der Waals surface area contributed by atoms with E-state index in [0.29, 0.717) is 47.3 Å². The van der Waals surface area contributed by atoms with E-state index < -0.39 is 11.7 Å². The van der Waals surface area contributed by atoms with E-state index in [1.54, 1.807) is 37.3 Å². The van der Waals surface area contributed by atoms with E-state index in [9.17, 15) is 19.1 Å². The standard InChI is InChI=1S/C32H41FN6O3/c1-6-7-8-26(18-35-21(4)36-25-13-11-24(17-34)28(33)16-25)37-30(40)23-12-14-29-27(15-23)31(41)38(19-22-9-10-22)32(5,42)39(29)20(2)3/h11-16,20,22,26,35-36,42H,4,6-10,18-19H2,1-3,5H3,(H,37,40). The molecule has 224 valence electrons. The van der Waals surface area contributed by atoms with Crippen LogP contribution in [0.1, 0.15) is 86.1 Å². The molecule has 10 heteroatoms. The van der Waals surface area contributed by atoms with Gasteiger partial charge in [0.25, 0.3) is 11.8 Å². The Morgan fingerprint density at radius 3 is 2.62 bits per heavy atom. The number of fused-ring (bicyclic) bond motifs is 1. The van der Waals surface area contributed by atoms with Crippen LogP contribution in [-0.2, 0) is 0 Å². The van der Waals surface area contributed by atoms with E-state index in [1.165, 1.54) is 17.0 Å². The summed E-state index contributed by atoms with van der Waals surface area (Å²) in [6, 6.07) is 10.7. The van der Waals surface area contributed by atoms with Crippen LogP contribution in [0.5, 0.6) is 0 Å². The Labute approximate surface area is 247 Å². The van der Waals surface area contributed by atoms with E-state index in [2.05, 4.69) is 29.5 Å². The summed E-state index contributed by atoms with van der Waals surface area (Å²) in [5, 5.41) is 29.6. The van der Waals surface area contributed by atoms with Gasteiger partial charge in [-0.2, -0.15) is 5.26 Å². The summed E-state index contributed by atoms with van der Waals surface area (Å²) in [6.07, 6.45) is 4.64. The largest absolute Gasteiger partial charge is 0.370 e. The molecule has 4 rings (SSSR count). The minimum atomic E-state index is -1.47. The summed E-state index contributed by atoms with van der Waals surface area (Å²) in [7, 11) is 0. The zero-order valence-corrected chi connectivity index (χ0v) is 24.8. The maximum Gasteiger partial charge on any atom is 0.259 e. The number of carbonyl (C=O) groups is 2. The fraction of sp³-hybridized carbons (Fsp3) is 0.469. The van der Waals surface area contributed by atoms with Gasteiger partial charge in [0.15, 0.2) is 0 Å². The van der Waals surface area contributed by atoms with Gasteiger partial charge >= 0.3 is 0 Å². The second kappa shape index (κ2) is 12.8. The van der Waals surface area contributed by atoms with Gasteiger partial charge in [-0.15, -0.1) is 0 Å². The van der Waals surface area contributed by atoms with E-state index >= 15 is 0 Å². The summed E-state index contributed by atoms with van der Waals surface area (Å²) in [5.74, 6) is -1.87. The van der Waals surface area contributed by atoms with Crippen molar-refractivity contribution in [1.29, 1.82) is 5.26 Å². The van der Waals surface area contributed by atoms with Gasteiger partial charge in [0.2, 0.25) is 5.85 Å². The molecule has 2 unspecified atom stereocenters. The predicted octanol–water partition coefficient (Wildman–Crippen LogP) is 4.91. The summed E-state index contributed by atoms with van der Waals surface area (Å²) in [6.45, 7) is 12.5. The number of halogens is 1. The molecule has 1 saturated carbocycles. The molecule has 4 N–H and O–H groups in total. The highest BCUT2D eigenvalue weighted by molar-refractivity contribution is 6.05. The second-order valence-corrected chi connectivity index (χ2v) is 11.6. The number of hydrogen-bond donors (Lipinski definition) is 4. The summed E-state index contributed by atoms with van der Waals surface area (Å²) in [5.41, 5.74) is 1.78. The van der Waals surface area contributed by atoms with Crippen molar-refractivity contribution in [3.8, 4) is 6.07 Å². The minimum absolute atomic E-state index is 0.0387. The molecule has 9 nitrogen and oxygen atoms in total. The number of benzene rings is 2. The Hall–Kier alpha value is -4.10. The first-order valence-corrected chi connectivity index (χ1v) is 14.6. The molecular formula is C32H41FN6O3. The lowest BCUT2D eigenvalue weighted by Crippen LogP contribution is -2.66. The number of nitrogens with zero attached hydrogens (tertiary/aromatic N) is 3. The number of amides is 2. The highest BCUT2D eigenvalue weighted by atomic mass is 19.1. The predicted molar refractivity (Wildman–Crippen MR) is 161 cm³/mol. The number of anilines is 2. The molecule has 0 saturated heterocycles. The van der Waals surface area contributed by atoms with Gasteiger partial charge in [0.1, 0.15) is 11.9 Å². The number of unbranched alkanes of at least 4 members (excludes halogenated alkanes) is 1. The zero-order valence-electron chi connectivity index (χ0n) is 24.8. The molecular weight excluding hydrogens is 535 g/mol. The summed E-state index contributed by atoms with van der Waals surface area (Å²) < 4.78 is 14.0. The van der Waals surface area contributed by atoms with E-state index in [4.69, 9.17) is 5.26 Å². The molecule has 42 heavy (non-hydrogen) atoms. The molecule has 0 bridgehead atoms. The van der Waals surface area contributed by atoms with Crippen molar-refractivity contribution < 1.29 is 19.1 Å². The fourth-order valence-electron chi connectivity index (χ4n) is 5.43. The molecule has 2 aromatic rings. The number of hydrogen-bond acceptors (Lipinski definition) is 7. The van der Waals surface area contributed by atoms with Gasteiger partial charge in [-0.1, -0.05) is 26.3 Å². The number of aliphatic hydroxyl groups is 1. The van der Waals surface area contributed by atoms with Crippen LogP contribution in [0.3, 0.4) is 0 Å². The van der Waals surface area contributed by atoms with Crippen molar-refractivity contribution in [3.63, 3.8) is 0 Å². The number of carbonyl (C=O) groups excluding carboxylic acids is 2. The highest BCUT2D eigenvalue weighted by Gasteiger charge is 2.48. The lowest BCUT2D eigenvalue weighted by molar-refractivity contribution is -0.0840. The smallest absolute Gasteiger partial charge is 0.259 e. The van der Waals surface area contributed by atoms with Crippen molar-refractivity contribution in [3.05, 3.63) is 71.3 Å². The van der Waals surface area contributed by atoms with Crippen molar-refractivity contribution in [2.24, 2.45) is 5.92 Å². The Kier molecular flexibility index (Phi) is 9.42. The lowest BCUT2D eigenvalue weighted by atomic mass is 9.98. The van der Waals surface area contributed by atoms with E-state index in [1.807, 2.05) is 18.7 Å². The first-order valence-electron chi connectivity index (χ1n) is 14.6. The molecule has 2 aliphatic rings. The van der Waals surface area contributed by atoms with Crippen LogP contribution < -0.4 is 20.9 Å². The van der Waals surface area contributed by atoms with Crippen molar-refractivity contribution >= 4 is 23.2 Å². The van der Waals surface area contributed by atoms with Gasteiger partial charge in [-0.25, -0.2) is 4.39 Å². The Morgan fingerprint density at radius 2 is 2.00 bits per heavy atom. The van der Waals surface area contributed by atoms with Gasteiger partial charge < -0.3 is 26.0 Å². The van der Waals surface area contributed by atoms with Crippen LogP contribution in [0.15, 0.2) is 48.8 Å². The molecule has 2 aromatic carbocycles. The zero-order chi connectivity index (χ0) is 30.6. The second-order valence-electron chi connectivity index (χ2n) is 11.6. The average molecular weight is 577 g/mol. The quantitative estimate of drug-likeness (QED) is 0.268. The Balaban J connectivity index is 1.47. The third-order valence-electron chi connectivity index (χ3n) is 7.80. The first kappa shape index (κ1) is 30.8. The van der Waals surface area contributed by atoms with Gasteiger partial charge in [0.05, 0.1) is 22.6 Å². The Bertz CT molecular complexity index is 1380. The van der Waals surface area contributed by atoms with Crippen LogP contribution in [0.25, 0.3) is 0 Å². The molecule has 0 aromatic heterocycles. The molecule has 1 aliphatic carbocycles. The number of nitrogens with one attached hydrogen (secondary N) is 3. The van der Waals surface area contributed by atoms with Crippen LogP contribution in [0.4, 0.5) is 15.8 Å². The molecule has 2 amide bonds. The number of nitriles is 1. The monoisotopic (exact) mass is 576 g/mol. The number of rotatable bonds is 13. The maximum atomic E-state index is 14.0. The molecule has 1 heterocycles.